The van der Waals surface area contributed by atoms with Gasteiger partial charge in [-0.25, -0.2) is 0 Å². The van der Waals surface area contributed by atoms with Crippen molar-refractivity contribution in [3.8, 4) is 44.5 Å². The number of nitrogens with zero attached hydrogens (tertiary/aromatic N) is 1. The molecule has 0 radical (unpaired) electrons. The van der Waals surface area contributed by atoms with E-state index in [2.05, 4.69) is 278 Å². The molecule has 9 aromatic carbocycles. The fourth-order valence-electron chi connectivity index (χ4n) is 17.3. The molecule has 0 saturated carbocycles. The second kappa shape index (κ2) is 14.6. The Bertz CT molecular complexity index is 4260. The van der Waals surface area contributed by atoms with Crippen molar-refractivity contribution < 1.29 is 0 Å². The average molecular weight is 964 g/mol. The molecule has 1 heteroatoms. The second-order valence-corrected chi connectivity index (χ2v) is 22.4. The van der Waals surface area contributed by atoms with Crippen molar-refractivity contribution in [1.29, 1.82) is 0 Å². The quantitative estimate of drug-likeness (QED) is 0.171. The molecule has 354 valence electrons. The Morgan fingerprint density at radius 1 is 0.355 bits per heavy atom. The second-order valence-electron chi connectivity index (χ2n) is 22.4. The molecule has 0 aromatic heterocycles. The first-order chi connectivity index (χ1) is 37.7. The van der Waals surface area contributed by atoms with Gasteiger partial charge < -0.3 is 4.90 Å². The number of rotatable bonds is 3. The molecule has 0 saturated heterocycles. The Hall–Kier alpha value is -9.04. The lowest BCUT2D eigenvalue weighted by Crippen LogP contribution is -2.38. The van der Waals surface area contributed by atoms with Crippen molar-refractivity contribution in [3.05, 3.63) is 346 Å². The molecule has 0 amide bonds. The molecule has 3 spiro atoms. The average Bonchev–Trinajstić information content (AvgIpc) is 4.38. The number of allylic oxidation sites excluding steroid dienone is 13. The predicted molar refractivity (Wildman–Crippen MR) is 310 cm³/mol. The van der Waals surface area contributed by atoms with Crippen molar-refractivity contribution in [2.45, 2.75) is 22.2 Å². The maximum absolute atomic E-state index is 2.64. The molecule has 0 heterocycles. The van der Waals surface area contributed by atoms with Crippen LogP contribution >= 0.6 is 0 Å². The monoisotopic (exact) mass is 963 g/mol. The van der Waals surface area contributed by atoms with E-state index in [0.717, 1.165) is 5.69 Å². The lowest BCUT2D eigenvalue weighted by atomic mass is 9.62. The lowest BCUT2D eigenvalue weighted by molar-refractivity contribution is 0.404. The number of anilines is 2. The van der Waals surface area contributed by atoms with E-state index in [0.29, 0.717) is 5.92 Å². The Labute approximate surface area is 443 Å². The van der Waals surface area contributed by atoms with Crippen LogP contribution in [0.5, 0.6) is 0 Å². The molecule has 0 N–H and O–H groups in total. The van der Waals surface area contributed by atoms with E-state index < -0.39 is 5.41 Å². The Morgan fingerprint density at radius 3 is 1.59 bits per heavy atom. The molecular weight excluding hydrogens is 915 g/mol. The summed E-state index contributed by atoms with van der Waals surface area (Å²) in [6.45, 7) is 0. The van der Waals surface area contributed by atoms with Crippen LogP contribution in [0.25, 0.3) is 44.5 Å². The highest BCUT2D eigenvalue weighted by Gasteiger charge is 2.60. The molecule has 9 aliphatic rings. The standard InChI is InChI=1S/C75H49N/c1-10-29-59-48(20-1)49-21-2-11-30-60(49)73(59)65-35-16-7-26-54(65)57-44-46(40-42-68(57)73)76(47-41-43-69-58(45-47)55-27-8-17-36-66(55)74(69)61-31-12-3-22-50(61)51-23-4-13-32-62(51)74)71-39-19-38-70-72(71)56-28-9-18-37-67(56)75(70)63-33-14-5-24-52(63)53-25-6-15-34-64(53)75/h1-45,48,59,66,69H. The van der Waals surface area contributed by atoms with E-state index in [1.165, 1.54) is 123 Å². The minimum Gasteiger partial charge on any atom is -0.310 e. The van der Waals surface area contributed by atoms with Gasteiger partial charge in [0.25, 0.3) is 0 Å². The van der Waals surface area contributed by atoms with Gasteiger partial charge in [-0.1, -0.05) is 243 Å². The van der Waals surface area contributed by atoms with E-state index in [-0.39, 0.29) is 28.6 Å². The zero-order chi connectivity index (χ0) is 49.5. The maximum atomic E-state index is 2.64. The number of benzene rings is 9. The fourth-order valence-corrected chi connectivity index (χ4v) is 17.3. The molecule has 1 nitrogen and oxygen atoms in total. The summed E-state index contributed by atoms with van der Waals surface area (Å²) in [7, 11) is 0. The molecule has 5 atom stereocenters. The summed E-state index contributed by atoms with van der Waals surface area (Å²) in [4.78, 5) is 2.64. The van der Waals surface area contributed by atoms with Gasteiger partial charge in [0.15, 0.2) is 0 Å². The van der Waals surface area contributed by atoms with Gasteiger partial charge in [0, 0.05) is 46.0 Å². The number of fused-ring (bicyclic) bond motifs is 29. The summed E-state index contributed by atoms with van der Waals surface area (Å²) in [5, 5.41) is 0. The minimum absolute atomic E-state index is 0.131. The van der Waals surface area contributed by atoms with E-state index in [4.69, 9.17) is 0 Å². The molecule has 0 aliphatic heterocycles. The van der Waals surface area contributed by atoms with Crippen LogP contribution in [0.2, 0.25) is 0 Å². The van der Waals surface area contributed by atoms with Crippen molar-refractivity contribution in [1.82, 2.24) is 0 Å². The molecule has 76 heavy (non-hydrogen) atoms. The summed E-state index contributed by atoms with van der Waals surface area (Å²) in [6.07, 6.45) is 26.6. The summed E-state index contributed by atoms with van der Waals surface area (Å²) in [6, 6.07) is 79.5. The Balaban J connectivity index is 0.905. The van der Waals surface area contributed by atoms with Gasteiger partial charge in [-0.3, -0.25) is 0 Å². The van der Waals surface area contributed by atoms with Gasteiger partial charge >= 0.3 is 0 Å². The normalized spacial score (nSPS) is 23.0. The first kappa shape index (κ1) is 41.3. The molecule has 0 bridgehead atoms. The molecule has 5 unspecified atom stereocenters. The highest BCUT2D eigenvalue weighted by molar-refractivity contribution is 6.01. The first-order valence-corrected chi connectivity index (χ1v) is 27.3. The zero-order valence-corrected chi connectivity index (χ0v) is 41.7. The lowest BCUT2D eigenvalue weighted by Gasteiger charge is -2.40. The van der Waals surface area contributed by atoms with Crippen LogP contribution < -0.4 is 4.90 Å². The van der Waals surface area contributed by atoms with Crippen LogP contribution in [0.4, 0.5) is 11.4 Å². The van der Waals surface area contributed by atoms with Gasteiger partial charge in [0.1, 0.15) is 0 Å². The topological polar surface area (TPSA) is 3.24 Å². The van der Waals surface area contributed by atoms with Crippen LogP contribution in [0.15, 0.2) is 290 Å². The third-order valence-corrected chi connectivity index (χ3v) is 19.7. The fraction of sp³-hybridized carbons (Fsp3) is 0.0933. The van der Waals surface area contributed by atoms with Crippen molar-refractivity contribution in [2.24, 2.45) is 17.8 Å². The van der Waals surface area contributed by atoms with Crippen molar-refractivity contribution in [3.63, 3.8) is 0 Å². The van der Waals surface area contributed by atoms with Gasteiger partial charge in [-0.05, 0) is 136 Å². The first-order valence-electron chi connectivity index (χ1n) is 27.3. The van der Waals surface area contributed by atoms with Gasteiger partial charge in [0.2, 0.25) is 0 Å². The summed E-state index contributed by atoms with van der Waals surface area (Å²) in [5.74, 6) is 0.886. The van der Waals surface area contributed by atoms with Crippen LogP contribution in [0.3, 0.4) is 0 Å². The van der Waals surface area contributed by atoms with Crippen molar-refractivity contribution >= 4 is 11.4 Å². The minimum atomic E-state index is -0.474. The Morgan fingerprint density at radius 2 is 0.882 bits per heavy atom. The van der Waals surface area contributed by atoms with E-state index >= 15 is 0 Å². The van der Waals surface area contributed by atoms with Crippen LogP contribution in [0.1, 0.15) is 61.6 Å². The van der Waals surface area contributed by atoms with Gasteiger partial charge in [-0.2, -0.15) is 0 Å². The highest BCUT2D eigenvalue weighted by Crippen LogP contribution is 2.69. The number of hydrogen-bond acceptors (Lipinski definition) is 1. The van der Waals surface area contributed by atoms with E-state index in [1.807, 2.05) is 0 Å². The van der Waals surface area contributed by atoms with Crippen LogP contribution in [-0.4, -0.2) is 0 Å². The molecule has 0 fully saturated rings. The maximum Gasteiger partial charge on any atom is 0.0726 e. The highest BCUT2D eigenvalue weighted by atomic mass is 15.2. The molecule has 9 aromatic rings. The van der Waals surface area contributed by atoms with Gasteiger partial charge in [-0.15, -0.1) is 0 Å². The van der Waals surface area contributed by atoms with E-state index in [9.17, 15) is 0 Å². The van der Waals surface area contributed by atoms with Gasteiger partial charge in [0.05, 0.1) is 16.5 Å². The van der Waals surface area contributed by atoms with Crippen LogP contribution in [-0.2, 0) is 16.2 Å². The van der Waals surface area contributed by atoms with Crippen LogP contribution in [0, 0.1) is 17.8 Å². The smallest absolute Gasteiger partial charge is 0.0726 e. The largest absolute Gasteiger partial charge is 0.310 e. The van der Waals surface area contributed by atoms with Crippen molar-refractivity contribution in [2.75, 3.05) is 4.90 Å². The summed E-state index contributed by atoms with van der Waals surface area (Å²) < 4.78 is 0. The SMILES string of the molecule is C1=CC2=C3C=C(N(c4ccc5c(c4)-c4ccccc4C54c5ccccc5C5C=CC=CC54)c4cccc5c4-c4ccccc4C54c5ccccc5-c5ccccc54)C=CC3C3(c4ccccc4-c4ccccc43)C2C=C1. The number of hydrogen-bond donors (Lipinski definition) is 0. The third kappa shape index (κ3) is 4.69. The van der Waals surface area contributed by atoms with E-state index in [1.54, 1.807) is 0 Å². The summed E-state index contributed by atoms with van der Waals surface area (Å²) >= 11 is 0. The molecule has 18 rings (SSSR count). The summed E-state index contributed by atoms with van der Waals surface area (Å²) in [5.41, 5.74) is 29.8. The zero-order valence-electron chi connectivity index (χ0n) is 41.7. The Kier molecular flexibility index (Phi) is 7.95. The third-order valence-electron chi connectivity index (χ3n) is 19.7. The molecule has 9 aliphatic carbocycles. The predicted octanol–water partition coefficient (Wildman–Crippen LogP) is 17.4. The molecular formula is C75H49N.